The van der Waals surface area contributed by atoms with Gasteiger partial charge in [-0.15, -0.1) is 5.10 Å². The van der Waals surface area contributed by atoms with Crippen LogP contribution in [0, 0.1) is 0 Å². The van der Waals surface area contributed by atoms with Gasteiger partial charge in [-0.1, -0.05) is 5.21 Å². The predicted octanol–water partition coefficient (Wildman–Crippen LogP) is 1.45. The van der Waals surface area contributed by atoms with Crippen LogP contribution >= 0.6 is 0 Å². The van der Waals surface area contributed by atoms with Crippen LogP contribution in [0.4, 0.5) is 0 Å². The molecule has 0 spiro atoms. The molecule has 0 unspecified atom stereocenters. The third-order valence-electron chi connectivity index (χ3n) is 2.48. The van der Waals surface area contributed by atoms with E-state index in [4.69, 9.17) is 14.6 Å². The van der Waals surface area contributed by atoms with Crippen LogP contribution in [-0.4, -0.2) is 39.3 Å². The fraction of sp³-hybridized carbons (Fsp3) is 0.308. The van der Waals surface area contributed by atoms with Gasteiger partial charge < -0.3 is 14.6 Å². The van der Waals surface area contributed by atoms with E-state index in [1.165, 1.54) is 10.9 Å². The van der Waals surface area contributed by atoms with Crippen LogP contribution in [0.1, 0.15) is 17.4 Å². The summed E-state index contributed by atoms with van der Waals surface area (Å²) in [4.78, 5) is 10.6. The molecule has 7 heteroatoms. The quantitative estimate of drug-likeness (QED) is 0.824. The van der Waals surface area contributed by atoms with Crippen molar-refractivity contribution < 1.29 is 19.4 Å². The lowest BCUT2D eigenvalue weighted by atomic mass is 10.3. The molecule has 106 valence electrons. The summed E-state index contributed by atoms with van der Waals surface area (Å²) < 4.78 is 12.3. The molecule has 1 N–H and O–H groups in total. The number of ether oxygens (including phenoxy) is 2. The van der Waals surface area contributed by atoms with E-state index in [1.54, 1.807) is 0 Å². The van der Waals surface area contributed by atoms with E-state index >= 15 is 0 Å². The average Bonchev–Trinajstić information content (AvgIpc) is 2.90. The van der Waals surface area contributed by atoms with Crippen LogP contribution in [0.15, 0.2) is 30.5 Å². The molecule has 0 amide bonds. The molecular formula is C13H15N3O4. The van der Waals surface area contributed by atoms with Gasteiger partial charge in [0, 0.05) is 0 Å². The van der Waals surface area contributed by atoms with Crippen molar-refractivity contribution in [2.75, 3.05) is 13.2 Å². The van der Waals surface area contributed by atoms with Crippen molar-refractivity contribution in [2.24, 2.45) is 0 Å². The molecule has 0 aliphatic carbocycles. The van der Waals surface area contributed by atoms with Crippen LogP contribution < -0.4 is 9.47 Å². The molecule has 0 saturated carbocycles. The summed E-state index contributed by atoms with van der Waals surface area (Å²) in [6, 6.07) is 7.29. The number of benzene rings is 1. The molecule has 0 atom stereocenters. The predicted molar refractivity (Wildman–Crippen MR) is 70.1 cm³/mol. The van der Waals surface area contributed by atoms with E-state index in [1.807, 2.05) is 31.2 Å². The molecule has 0 aliphatic heterocycles. The first-order valence-electron chi connectivity index (χ1n) is 6.18. The average molecular weight is 277 g/mol. The molecule has 0 saturated heterocycles. The van der Waals surface area contributed by atoms with Crippen molar-refractivity contribution in [3.05, 3.63) is 36.2 Å². The number of hydrogen-bond acceptors (Lipinski definition) is 5. The van der Waals surface area contributed by atoms with Gasteiger partial charge in [-0.25, -0.2) is 9.48 Å². The normalized spacial score (nSPS) is 10.2. The summed E-state index contributed by atoms with van der Waals surface area (Å²) in [5.74, 6) is 0.415. The highest BCUT2D eigenvalue weighted by molar-refractivity contribution is 5.84. The lowest BCUT2D eigenvalue weighted by Crippen LogP contribution is -2.08. The van der Waals surface area contributed by atoms with E-state index in [2.05, 4.69) is 10.3 Å². The van der Waals surface area contributed by atoms with Gasteiger partial charge in [0.15, 0.2) is 5.69 Å². The lowest BCUT2D eigenvalue weighted by Gasteiger charge is -2.07. The van der Waals surface area contributed by atoms with Crippen LogP contribution in [0.3, 0.4) is 0 Å². The molecule has 1 aromatic heterocycles. The zero-order valence-corrected chi connectivity index (χ0v) is 11.0. The number of hydrogen-bond donors (Lipinski definition) is 1. The Bertz CT molecular complexity index is 565. The monoisotopic (exact) mass is 277 g/mol. The number of carboxylic acid groups (broad SMARTS) is 1. The smallest absolute Gasteiger partial charge is 0.358 e. The second-order valence-corrected chi connectivity index (χ2v) is 3.92. The third-order valence-corrected chi connectivity index (χ3v) is 2.48. The molecule has 20 heavy (non-hydrogen) atoms. The highest BCUT2D eigenvalue weighted by Gasteiger charge is 2.07. The van der Waals surface area contributed by atoms with E-state index in [0.717, 1.165) is 5.75 Å². The van der Waals surface area contributed by atoms with Crippen LogP contribution in [-0.2, 0) is 6.54 Å². The van der Waals surface area contributed by atoms with Crippen molar-refractivity contribution in [3.8, 4) is 11.5 Å². The molecule has 7 nitrogen and oxygen atoms in total. The van der Waals surface area contributed by atoms with E-state index in [9.17, 15) is 4.79 Å². The van der Waals surface area contributed by atoms with Gasteiger partial charge >= 0.3 is 5.97 Å². The fourth-order valence-electron chi connectivity index (χ4n) is 1.56. The molecule has 2 rings (SSSR count). The van der Waals surface area contributed by atoms with Gasteiger partial charge in [0.05, 0.1) is 19.3 Å². The highest BCUT2D eigenvalue weighted by atomic mass is 16.5. The Balaban J connectivity index is 1.81. The topological polar surface area (TPSA) is 86.5 Å². The van der Waals surface area contributed by atoms with E-state index < -0.39 is 5.97 Å². The minimum Gasteiger partial charge on any atom is -0.494 e. The summed E-state index contributed by atoms with van der Waals surface area (Å²) in [5, 5.41) is 15.9. The number of aromatic carboxylic acids is 1. The van der Waals surface area contributed by atoms with Gasteiger partial charge in [-0.3, -0.25) is 0 Å². The van der Waals surface area contributed by atoms with Gasteiger partial charge in [0.2, 0.25) is 0 Å². The van der Waals surface area contributed by atoms with Gasteiger partial charge in [-0.2, -0.15) is 0 Å². The Labute approximate surface area is 115 Å². The first kappa shape index (κ1) is 13.9. The third kappa shape index (κ3) is 3.71. The van der Waals surface area contributed by atoms with Crippen molar-refractivity contribution in [2.45, 2.75) is 13.5 Å². The Morgan fingerprint density at radius 1 is 1.25 bits per heavy atom. The van der Waals surface area contributed by atoms with Crippen LogP contribution in [0.25, 0.3) is 0 Å². The molecule has 2 aromatic rings. The number of rotatable bonds is 7. The number of aromatic nitrogens is 3. The Morgan fingerprint density at radius 3 is 2.45 bits per heavy atom. The first-order chi connectivity index (χ1) is 9.69. The Morgan fingerprint density at radius 2 is 1.90 bits per heavy atom. The fourth-order valence-corrected chi connectivity index (χ4v) is 1.56. The van der Waals surface area contributed by atoms with E-state index in [0.29, 0.717) is 25.5 Å². The lowest BCUT2D eigenvalue weighted by molar-refractivity contribution is 0.0690. The number of carboxylic acids is 1. The SMILES string of the molecule is CCOc1ccc(OCCn2cc(C(=O)O)nn2)cc1. The molecule has 0 bridgehead atoms. The van der Waals surface area contributed by atoms with Crippen molar-refractivity contribution in [1.82, 2.24) is 15.0 Å². The highest BCUT2D eigenvalue weighted by Crippen LogP contribution is 2.17. The Kier molecular flexibility index (Phi) is 4.54. The molecule has 0 radical (unpaired) electrons. The second kappa shape index (κ2) is 6.55. The molecule has 0 fully saturated rings. The van der Waals surface area contributed by atoms with Crippen molar-refractivity contribution in [1.29, 1.82) is 0 Å². The molecular weight excluding hydrogens is 262 g/mol. The van der Waals surface area contributed by atoms with Gasteiger partial charge in [0.25, 0.3) is 0 Å². The summed E-state index contributed by atoms with van der Waals surface area (Å²) in [6.07, 6.45) is 1.36. The maximum atomic E-state index is 10.6. The first-order valence-corrected chi connectivity index (χ1v) is 6.18. The standard InChI is InChI=1S/C13H15N3O4/c1-2-19-10-3-5-11(6-4-10)20-8-7-16-9-12(13(17)18)14-15-16/h3-6,9H,2,7-8H2,1H3,(H,17,18). The minimum absolute atomic E-state index is 0.0777. The summed E-state index contributed by atoms with van der Waals surface area (Å²) in [6.45, 7) is 3.34. The van der Waals surface area contributed by atoms with Crippen LogP contribution in [0.5, 0.6) is 11.5 Å². The maximum Gasteiger partial charge on any atom is 0.358 e. The zero-order valence-electron chi connectivity index (χ0n) is 11.0. The minimum atomic E-state index is -1.09. The summed E-state index contributed by atoms with van der Waals surface area (Å²) >= 11 is 0. The maximum absolute atomic E-state index is 10.6. The largest absolute Gasteiger partial charge is 0.494 e. The van der Waals surface area contributed by atoms with Crippen molar-refractivity contribution in [3.63, 3.8) is 0 Å². The second-order valence-electron chi connectivity index (χ2n) is 3.92. The van der Waals surface area contributed by atoms with Crippen LogP contribution in [0.2, 0.25) is 0 Å². The number of carbonyl (C=O) groups is 1. The van der Waals surface area contributed by atoms with Gasteiger partial charge in [0.1, 0.15) is 18.1 Å². The number of nitrogens with zero attached hydrogens (tertiary/aromatic N) is 3. The molecule has 1 heterocycles. The Hall–Kier alpha value is -2.57. The summed E-state index contributed by atoms with van der Waals surface area (Å²) in [5.41, 5.74) is -0.0777. The molecule has 0 aliphatic rings. The zero-order chi connectivity index (χ0) is 14.4. The van der Waals surface area contributed by atoms with Gasteiger partial charge in [-0.05, 0) is 31.2 Å². The summed E-state index contributed by atoms with van der Waals surface area (Å²) in [7, 11) is 0. The van der Waals surface area contributed by atoms with E-state index in [-0.39, 0.29) is 5.69 Å². The van der Waals surface area contributed by atoms with Crippen molar-refractivity contribution >= 4 is 5.97 Å². The molecule has 1 aromatic carbocycles.